The molecule has 0 atom stereocenters. The Morgan fingerprint density at radius 1 is 0.400 bits per heavy atom. The Bertz CT molecular complexity index is 1960. The second-order valence-corrected chi connectivity index (χ2v) is 9.44. The molecule has 0 unspecified atom stereocenters. The SMILES string of the molecule is CC.CC.CC.CC.CC.CC.CC(=O)O.O=C(O)c1ccc2c(ccc3c4ccccc4[nH]c23)c1.O=C(O)c1ccccc1.c1ccc2ccccc2c1. The van der Waals surface area contributed by atoms with Crippen LogP contribution in [0.4, 0.5) is 0 Å². The molecule has 0 bridgehead atoms. The predicted molar refractivity (Wildman–Crippen MR) is 239 cm³/mol. The molecule has 0 aliphatic carbocycles. The number of carboxylic acids is 3. The maximum Gasteiger partial charge on any atom is 0.335 e. The molecule has 7 aromatic rings. The first-order chi connectivity index (χ1) is 26.7. The Balaban J connectivity index is -0.000000660. The van der Waals surface area contributed by atoms with Crippen molar-refractivity contribution in [2.45, 2.75) is 90.0 Å². The van der Waals surface area contributed by atoms with Crippen LogP contribution in [0.2, 0.25) is 0 Å². The van der Waals surface area contributed by atoms with E-state index in [-0.39, 0.29) is 0 Å². The predicted octanol–water partition coefficient (Wildman–Crippen LogP) is 14.6. The van der Waals surface area contributed by atoms with E-state index in [4.69, 9.17) is 20.1 Å². The van der Waals surface area contributed by atoms with Gasteiger partial charge in [0.15, 0.2) is 0 Å². The summed E-state index contributed by atoms with van der Waals surface area (Å²) < 4.78 is 0. The van der Waals surface area contributed by atoms with Crippen molar-refractivity contribution in [3.8, 4) is 0 Å². The summed E-state index contributed by atoms with van der Waals surface area (Å²) in [5.41, 5.74) is 2.79. The number of para-hydroxylation sites is 1. The lowest BCUT2D eigenvalue weighted by atomic mass is 10.0. The van der Waals surface area contributed by atoms with Gasteiger partial charge in [0.05, 0.1) is 16.6 Å². The topological polar surface area (TPSA) is 128 Å². The number of aromatic carboxylic acids is 2. The van der Waals surface area contributed by atoms with Gasteiger partial charge in [-0.05, 0) is 46.5 Å². The first kappa shape index (κ1) is 53.4. The molecule has 55 heavy (non-hydrogen) atoms. The van der Waals surface area contributed by atoms with Crippen molar-refractivity contribution in [3.63, 3.8) is 0 Å². The number of H-pyrrole nitrogens is 1. The second-order valence-electron chi connectivity index (χ2n) is 9.44. The van der Waals surface area contributed by atoms with E-state index in [0.717, 1.165) is 34.1 Å². The van der Waals surface area contributed by atoms with Gasteiger partial charge in [0.1, 0.15) is 0 Å². The molecule has 0 aliphatic rings. The summed E-state index contributed by atoms with van der Waals surface area (Å²) in [6.07, 6.45) is 0. The molecular formula is C48H65NO6. The van der Waals surface area contributed by atoms with Crippen LogP contribution in [0.1, 0.15) is 111 Å². The summed E-state index contributed by atoms with van der Waals surface area (Å²) in [4.78, 5) is 33.7. The summed E-state index contributed by atoms with van der Waals surface area (Å²) >= 11 is 0. The molecular weight excluding hydrogens is 687 g/mol. The van der Waals surface area contributed by atoms with E-state index in [1.54, 1.807) is 42.5 Å². The minimum Gasteiger partial charge on any atom is -0.481 e. The number of hydrogen-bond donors (Lipinski definition) is 4. The summed E-state index contributed by atoms with van der Waals surface area (Å²) in [7, 11) is 0. The van der Waals surface area contributed by atoms with Crippen molar-refractivity contribution >= 4 is 61.3 Å². The van der Waals surface area contributed by atoms with Crippen LogP contribution in [0, 0.1) is 0 Å². The quantitative estimate of drug-likeness (QED) is 0.139. The van der Waals surface area contributed by atoms with Gasteiger partial charge < -0.3 is 20.3 Å². The fourth-order valence-corrected chi connectivity index (χ4v) is 4.50. The number of hydrogen-bond acceptors (Lipinski definition) is 3. The van der Waals surface area contributed by atoms with Gasteiger partial charge in [-0.3, -0.25) is 4.79 Å². The van der Waals surface area contributed by atoms with Gasteiger partial charge in [-0.2, -0.15) is 0 Å². The van der Waals surface area contributed by atoms with Gasteiger partial charge in [-0.15, -0.1) is 0 Å². The third kappa shape index (κ3) is 19.1. The van der Waals surface area contributed by atoms with E-state index in [0.29, 0.717) is 11.1 Å². The van der Waals surface area contributed by atoms with Crippen molar-refractivity contribution in [2.75, 3.05) is 0 Å². The van der Waals surface area contributed by atoms with Crippen LogP contribution in [0.15, 0.2) is 133 Å². The Hall–Kier alpha value is -5.95. The van der Waals surface area contributed by atoms with Crippen LogP contribution in [0.3, 0.4) is 0 Å². The number of benzene rings is 6. The molecule has 0 aliphatic heterocycles. The van der Waals surface area contributed by atoms with E-state index in [2.05, 4.69) is 59.6 Å². The van der Waals surface area contributed by atoms with Crippen molar-refractivity contribution in [1.29, 1.82) is 0 Å². The molecule has 1 heterocycles. The Morgan fingerprint density at radius 3 is 1.20 bits per heavy atom. The third-order valence-electron chi connectivity index (χ3n) is 6.42. The van der Waals surface area contributed by atoms with Crippen LogP contribution in [0.5, 0.6) is 0 Å². The summed E-state index contributed by atoms with van der Waals surface area (Å²) in [6, 6.07) is 42.4. The lowest BCUT2D eigenvalue weighted by Crippen LogP contribution is -1.95. The molecule has 0 saturated carbocycles. The molecule has 0 saturated heterocycles. The molecule has 298 valence electrons. The molecule has 0 amide bonds. The maximum atomic E-state index is 11.0. The first-order valence-corrected chi connectivity index (χ1v) is 19.3. The number of aromatic amines is 1. The van der Waals surface area contributed by atoms with Crippen molar-refractivity contribution < 1.29 is 29.7 Å². The van der Waals surface area contributed by atoms with Crippen molar-refractivity contribution in [2.24, 2.45) is 0 Å². The second kappa shape index (κ2) is 33.9. The Morgan fingerprint density at radius 2 is 0.782 bits per heavy atom. The van der Waals surface area contributed by atoms with E-state index >= 15 is 0 Å². The number of fused-ring (bicyclic) bond motifs is 6. The van der Waals surface area contributed by atoms with Crippen molar-refractivity contribution in [1.82, 2.24) is 4.98 Å². The monoisotopic (exact) mass is 751 g/mol. The average Bonchev–Trinajstić information content (AvgIpc) is 3.65. The van der Waals surface area contributed by atoms with Crippen LogP contribution >= 0.6 is 0 Å². The van der Waals surface area contributed by atoms with Crippen molar-refractivity contribution in [3.05, 3.63) is 145 Å². The molecule has 6 aromatic carbocycles. The van der Waals surface area contributed by atoms with E-state index in [1.807, 2.05) is 119 Å². The molecule has 4 N–H and O–H groups in total. The number of rotatable bonds is 2. The van der Waals surface area contributed by atoms with Gasteiger partial charge in [-0.25, -0.2) is 9.59 Å². The minimum atomic E-state index is -0.899. The van der Waals surface area contributed by atoms with E-state index < -0.39 is 17.9 Å². The molecule has 1 aromatic heterocycles. The fraction of sp³-hybridized carbons (Fsp3) is 0.271. The highest BCUT2D eigenvalue weighted by Gasteiger charge is 2.09. The highest BCUT2D eigenvalue weighted by Crippen LogP contribution is 2.31. The number of aromatic nitrogens is 1. The molecule has 0 spiro atoms. The van der Waals surface area contributed by atoms with Crippen LogP contribution in [0.25, 0.3) is 43.4 Å². The van der Waals surface area contributed by atoms with Gasteiger partial charge in [0, 0.05) is 28.6 Å². The largest absolute Gasteiger partial charge is 0.481 e. The Labute approximate surface area is 329 Å². The lowest BCUT2D eigenvalue weighted by molar-refractivity contribution is -0.134. The highest BCUT2D eigenvalue weighted by atomic mass is 16.4. The third-order valence-corrected chi connectivity index (χ3v) is 6.42. The van der Waals surface area contributed by atoms with E-state index in [9.17, 15) is 9.59 Å². The number of carboxylic acid groups (broad SMARTS) is 3. The van der Waals surface area contributed by atoms with Gasteiger partial charge >= 0.3 is 11.9 Å². The summed E-state index contributed by atoms with van der Waals surface area (Å²) in [5.74, 6) is -2.61. The van der Waals surface area contributed by atoms with E-state index in [1.165, 1.54) is 16.2 Å². The zero-order valence-corrected chi connectivity index (χ0v) is 35.3. The smallest absolute Gasteiger partial charge is 0.335 e. The standard InChI is InChI=1S/C17H11NO2.C10H8.C7H6O2.C2H4O2.6C2H6/c19-17(20)11-6-7-12-10(9-11)5-8-14-13-3-1-2-4-15(13)18-16(12)14;1-2-6-10-8-4-3-7-9(10)5-1;8-7(9)6-4-2-1-3-5-6;1-2(3)4;6*1-2/h1-9,18H,(H,19,20);1-8H;1-5H,(H,8,9);1H3,(H,3,4);6*1-2H3. The molecule has 0 radical (unpaired) electrons. The molecule has 7 rings (SSSR count). The number of carbonyl (C=O) groups is 3. The maximum absolute atomic E-state index is 11.0. The number of aliphatic carboxylic acids is 1. The lowest BCUT2D eigenvalue weighted by Gasteiger charge is -2.01. The summed E-state index contributed by atoms with van der Waals surface area (Å²) in [5, 5.41) is 31.8. The van der Waals surface area contributed by atoms with Crippen LogP contribution in [-0.4, -0.2) is 38.2 Å². The molecule has 0 fully saturated rings. The normalized spacial score (nSPS) is 8.53. The van der Waals surface area contributed by atoms with Gasteiger partial charge in [-0.1, -0.05) is 186 Å². The van der Waals surface area contributed by atoms with Crippen LogP contribution in [-0.2, 0) is 4.79 Å². The Kier molecular flexibility index (Phi) is 32.9. The zero-order chi connectivity index (χ0) is 42.8. The first-order valence-electron chi connectivity index (χ1n) is 19.3. The van der Waals surface area contributed by atoms with Gasteiger partial charge in [0.25, 0.3) is 5.97 Å². The fourth-order valence-electron chi connectivity index (χ4n) is 4.50. The summed E-state index contributed by atoms with van der Waals surface area (Å²) in [6.45, 7) is 25.1. The van der Waals surface area contributed by atoms with Gasteiger partial charge in [0.2, 0.25) is 0 Å². The molecule has 7 heteroatoms. The minimum absolute atomic E-state index is 0.313. The highest BCUT2D eigenvalue weighted by molar-refractivity contribution is 6.17. The zero-order valence-electron chi connectivity index (χ0n) is 35.3. The molecule has 7 nitrogen and oxygen atoms in total. The number of nitrogens with one attached hydrogen (secondary N) is 1. The average molecular weight is 752 g/mol. The van der Waals surface area contributed by atoms with Crippen LogP contribution < -0.4 is 0 Å².